The molecule has 1 nitrogen and oxygen atoms in total. The molecule has 0 aliphatic heterocycles. The lowest BCUT2D eigenvalue weighted by Crippen LogP contribution is -2.18. The van der Waals surface area contributed by atoms with Crippen LogP contribution < -0.4 is 0 Å². The van der Waals surface area contributed by atoms with Gasteiger partial charge in [-0.25, -0.2) is 0 Å². The van der Waals surface area contributed by atoms with Gasteiger partial charge in [0.05, 0.1) is 5.60 Å². The molecule has 180 valence electrons. The molecular weight excluding hydrogens is 376 g/mol. The summed E-state index contributed by atoms with van der Waals surface area (Å²) in [4.78, 5) is 0. The molecule has 0 heterocycles. The zero-order valence-corrected chi connectivity index (χ0v) is 22.6. The summed E-state index contributed by atoms with van der Waals surface area (Å²) in [7, 11) is 0. The molecule has 31 heavy (non-hydrogen) atoms. The van der Waals surface area contributed by atoms with Crippen LogP contribution in [0.4, 0.5) is 0 Å². The van der Waals surface area contributed by atoms with Crippen LogP contribution in [-0.4, -0.2) is 10.7 Å². The number of aliphatic hydroxyl groups is 1. The monoisotopic (exact) mass is 430 g/mol. The van der Waals surface area contributed by atoms with Crippen LogP contribution in [0.1, 0.15) is 132 Å². The minimum Gasteiger partial charge on any atom is -0.390 e. The second-order valence-electron chi connectivity index (χ2n) is 11.4. The predicted octanol–water partition coefficient (Wildman–Crippen LogP) is 9.11. The second-order valence-corrected chi connectivity index (χ2v) is 11.4. The van der Waals surface area contributed by atoms with Gasteiger partial charge >= 0.3 is 0 Å². The first-order valence-corrected chi connectivity index (χ1v) is 13.2. The Bertz CT molecular complexity index is 620. The average Bonchev–Trinajstić information content (AvgIpc) is 2.68. The van der Waals surface area contributed by atoms with Gasteiger partial charge in [0, 0.05) is 0 Å². The van der Waals surface area contributed by atoms with E-state index < -0.39 is 5.60 Å². The third-order valence-electron chi connectivity index (χ3n) is 7.91. The van der Waals surface area contributed by atoms with Gasteiger partial charge in [-0.15, -0.1) is 0 Å². The second kappa shape index (κ2) is 13.7. The van der Waals surface area contributed by atoms with Gasteiger partial charge in [0.15, 0.2) is 0 Å². The van der Waals surface area contributed by atoms with Gasteiger partial charge in [0.25, 0.3) is 0 Å². The maximum absolute atomic E-state index is 9.83. The standard InChI is InChI=1S/C30H54O/c1-22(17-14-18-23(2)19-15-21-30(8,9)31)16-12-10-11-13-20-29-27(6)25(4)24(3)26(5)28(29)7/h22-23,31H,10-21H2,1-9H3. The summed E-state index contributed by atoms with van der Waals surface area (Å²) in [6.07, 6.45) is 15.6. The molecule has 0 spiro atoms. The van der Waals surface area contributed by atoms with E-state index in [1.54, 1.807) is 5.56 Å². The van der Waals surface area contributed by atoms with E-state index in [1.165, 1.54) is 92.0 Å². The summed E-state index contributed by atoms with van der Waals surface area (Å²) in [5.74, 6) is 1.67. The minimum atomic E-state index is -0.496. The van der Waals surface area contributed by atoms with Crippen molar-refractivity contribution in [1.29, 1.82) is 0 Å². The van der Waals surface area contributed by atoms with Gasteiger partial charge in [-0.2, -0.15) is 0 Å². The first-order chi connectivity index (χ1) is 14.4. The van der Waals surface area contributed by atoms with Crippen molar-refractivity contribution in [1.82, 2.24) is 0 Å². The summed E-state index contributed by atoms with van der Waals surface area (Å²) < 4.78 is 0. The molecule has 1 N–H and O–H groups in total. The highest BCUT2D eigenvalue weighted by Gasteiger charge is 2.13. The molecule has 0 amide bonds. The molecule has 1 aromatic carbocycles. The Hall–Kier alpha value is -0.820. The minimum absolute atomic E-state index is 0.496. The quantitative estimate of drug-likeness (QED) is 0.275. The van der Waals surface area contributed by atoms with Crippen LogP contribution in [-0.2, 0) is 6.42 Å². The van der Waals surface area contributed by atoms with E-state index in [9.17, 15) is 5.11 Å². The number of hydrogen-bond donors (Lipinski definition) is 1. The molecule has 0 aromatic heterocycles. The van der Waals surface area contributed by atoms with Crippen molar-refractivity contribution in [2.45, 2.75) is 145 Å². The summed E-state index contributed by atoms with van der Waals surface area (Å²) in [5, 5.41) is 9.83. The van der Waals surface area contributed by atoms with E-state index >= 15 is 0 Å². The average molecular weight is 431 g/mol. The first kappa shape index (κ1) is 28.2. The van der Waals surface area contributed by atoms with Gasteiger partial charge in [-0.3, -0.25) is 0 Å². The summed E-state index contributed by atoms with van der Waals surface area (Å²) in [6, 6.07) is 0. The first-order valence-electron chi connectivity index (χ1n) is 13.2. The lowest BCUT2D eigenvalue weighted by atomic mass is 9.87. The smallest absolute Gasteiger partial charge is 0.0591 e. The molecule has 2 atom stereocenters. The molecule has 0 saturated carbocycles. The lowest BCUT2D eigenvalue weighted by molar-refractivity contribution is 0.0668. The van der Waals surface area contributed by atoms with Gasteiger partial charge in [0.2, 0.25) is 0 Å². The van der Waals surface area contributed by atoms with Crippen LogP contribution in [0, 0.1) is 46.5 Å². The van der Waals surface area contributed by atoms with Gasteiger partial charge in [0.1, 0.15) is 0 Å². The molecule has 1 heteroatoms. The Labute approximate surface area is 195 Å². The lowest BCUT2D eigenvalue weighted by Gasteiger charge is -2.19. The fraction of sp³-hybridized carbons (Fsp3) is 0.800. The molecule has 0 saturated heterocycles. The predicted molar refractivity (Wildman–Crippen MR) is 139 cm³/mol. The largest absolute Gasteiger partial charge is 0.390 e. The molecule has 1 aromatic rings. The van der Waals surface area contributed by atoms with E-state index in [0.717, 1.165) is 24.7 Å². The molecule has 0 aliphatic carbocycles. The van der Waals surface area contributed by atoms with Crippen LogP contribution in [0.2, 0.25) is 0 Å². The molecule has 0 radical (unpaired) electrons. The normalized spacial score (nSPS) is 14.1. The number of rotatable bonds is 15. The highest BCUT2D eigenvalue weighted by molar-refractivity contribution is 5.49. The van der Waals surface area contributed by atoms with Crippen LogP contribution in [0.3, 0.4) is 0 Å². The third kappa shape index (κ3) is 10.6. The molecule has 2 unspecified atom stereocenters. The number of hydrogen-bond acceptors (Lipinski definition) is 1. The number of unbranched alkanes of at least 4 members (excludes halogenated alkanes) is 3. The van der Waals surface area contributed by atoms with Crippen molar-refractivity contribution >= 4 is 0 Å². The highest BCUT2D eigenvalue weighted by atomic mass is 16.3. The molecule has 0 bridgehead atoms. The van der Waals surface area contributed by atoms with Crippen LogP contribution in [0.5, 0.6) is 0 Å². The van der Waals surface area contributed by atoms with Crippen molar-refractivity contribution in [3.05, 3.63) is 33.4 Å². The summed E-state index contributed by atoms with van der Waals surface area (Å²) in [5.41, 5.74) is 8.66. The maximum atomic E-state index is 9.83. The summed E-state index contributed by atoms with van der Waals surface area (Å²) in [6.45, 7) is 20.2. The zero-order chi connectivity index (χ0) is 23.6. The Balaban J connectivity index is 2.16. The maximum Gasteiger partial charge on any atom is 0.0591 e. The molecule has 1 rings (SSSR count). The van der Waals surface area contributed by atoms with Crippen molar-refractivity contribution in [3.63, 3.8) is 0 Å². The SMILES string of the molecule is Cc1c(C)c(C)c(CCCCCCC(C)CCCC(C)CCCC(C)(C)O)c(C)c1C. The zero-order valence-electron chi connectivity index (χ0n) is 22.6. The Morgan fingerprint density at radius 1 is 0.581 bits per heavy atom. The number of benzene rings is 1. The van der Waals surface area contributed by atoms with Gasteiger partial charge in [-0.05, 0) is 113 Å². The molecule has 0 fully saturated rings. The fourth-order valence-electron chi connectivity index (χ4n) is 5.09. The van der Waals surface area contributed by atoms with Crippen molar-refractivity contribution in [2.75, 3.05) is 0 Å². The Kier molecular flexibility index (Phi) is 12.4. The van der Waals surface area contributed by atoms with E-state index in [-0.39, 0.29) is 0 Å². The molecular formula is C30H54O. The van der Waals surface area contributed by atoms with Gasteiger partial charge in [-0.1, -0.05) is 71.6 Å². The fourth-order valence-corrected chi connectivity index (χ4v) is 5.09. The topological polar surface area (TPSA) is 20.2 Å². The van der Waals surface area contributed by atoms with Gasteiger partial charge < -0.3 is 5.11 Å². The van der Waals surface area contributed by atoms with Crippen LogP contribution >= 0.6 is 0 Å². The highest BCUT2D eigenvalue weighted by Crippen LogP contribution is 2.28. The van der Waals surface area contributed by atoms with Crippen LogP contribution in [0.15, 0.2) is 0 Å². The van der Waals surface area contributed by atoms with E-state index in [1.807, 2.05) is 13.8 Å². The van der Waals surface area contributed by atoms with Crippen molar-refractivity contribution in [3.8, 4) is 0 Å². The Morgan fingerprint density at radius 2 is 1.00 bits per heavy atom. The van der Waals surface area contributed by atoms with Crippen molar-refractivity contribution < 1.29 is 5.11 Å². The third-order valence-corrected chi connectivity index (χ3v) is 7.91. The summed E-state index contributed by atoms with van der Waals surface area (Å²) >= 11 is 0. The van der Waals surface area contributed by atoms with Crippen molar-refractivity contribution in [2.24, 2.45) is 11.8 Å². The van der Waals surface area contributed by atoms with Crippen LogP contribution in [0.25, 0.3) is 0 Å². The van der Waals surface area contributed by atoms with E-state index in [4.69, 9.17) is 0 Å². The molecule has 0 aliphatic rings. The van der Waals surface area contributed by atoms with E-state index in [2.05, 4.69) is 48.5 Å². The Morgan fingerprint density at radius 3 is 1.52 bits per heavy atom. The van der Waals surface area contributed by atoms with E-state index in [0.29, 0.717) is 0 Å².